The minimum Gasteiger partial charge on any atom is -0.495 e. The molecule has 3 rings (SSSR count). The van der Waals surface area contributed by atoms with Crippen LogP contribution in [-0.4, -0.2) is 21.4 Å². The van der Waals surface area contributed by atoms with Crippen molar-refractivity contribution in [2.45, 2.75) is 17.7 Å². The summed E-state index contributed by atoms with van der Waals surface area (Å²) in [7, 11) is -2.59. The largest absolute Gasteiger partial charge is 0.495 e. The van der Waals surface area contributed by atoms with E-state index in [1.54, 1.807) is 12.1 Å². The molecule has 0 atom stereocenters. The van der Waals surface area contributed by atoms with Gasteiger partial charge in [0.2, 0.25) is 5.91 Å². The van der Waals surface area contributed by atoms with Crippen LogP contribution in [-0.2, 0) is 21.2 Å². The second-order valence-corrected chi connectivity index (χ2v) is 8.70. The first-order chi connectivity index (χ1) is 14.8. The molecule has 9 heteroatoms. The van der Waals surface area contributed by atoms with Gasteiger partial charge in [-0.1, -0.05) is 29.8 Å². The standard InChI is InChI=1S/C22H20ClFN2O4S/c1-30-21-12-9-17(25-22(27)13-6-15-4-2-3-5-19(15)23)14-20(21)26-31(28,29)18-10-7-16(24)8-11-18/h2-5,7-12,14,26H,6,13H2,1H3,(H,25,27). The highest BCUT2D eigenvalue weighted by Crippen LogP contribution is 2.30. The third-order valence-corrected chi connectivity index (χ3v) is 6.18. The van der Waals surface area contributed by atoms with Gasteiger partial charge < -0.3 is 10.1 Å². The lowest BCUT2D eigenvalue weighted by atomic mass is 10.1. The first kappa shape index (κ1) is 22.6. The molecular weight excluding hydrogens is 443 g/mol. The van der Waals surface area contributed by atoms with E-state index in [1.165, 1.54) is 19.2 Å². The van der Waals surface area contributed by atoms with Gasteiger partial charge in [-0.05, 0) is 60.5 Å². The Bertz CT molecular complexity index is 1180. The quantitative estimate of drug-likeness (QED) is 0.500. The summed E-state index contributed by atoms with van der Waals surface area (Å²) in [6.45, 7) is 0. The smallest absolute Gasteiger partial charge is 0.262 e. The highest BCUT2D eigenvalue weighted by atomic mass is 35.5. The Balaban J connectivity index is 1.73. The van der Waals surface area contributed by atoms with Crippen molar-refractivity contribution in [3.8, 4) is 5.75 Å². The Labute approximate surface area is 185 Å². The molecule has 0 aromatic heterocycles. The van der Waals surface area contributed by atoms with Crippen LogP contribution < -0.4 is 14.8 Å². The second kappa shape index (κ2) is 9.80. The molecule has 3 aromatic carbocycles. The van der Waals surface area contributed by atoms with Gasteiger partial charge in [-0.15, -0.1) is 0 Å². The maximum absolute atomic E-state index is 13.1. The molecule has 0 unspecified atom stereocenters. The van der Waals surface area contributed by atoms with Gasteiger partial charge in [0.25, 0.3) is 10.0 Å². The van der Waals surface area contributed by atoms with E-state index >= 15 is 0 Å². The fraction of sp³-hybridized carbons (Fsp3) is 0.136. The number of anilines is 2. The number of ether oxygens (including phenoxy) is 1. The van der Waals surface area contributed by atoms with Crippen LogP contribution in [0.2, 0.25) is 5.02 Å². The van der Waals surface area contributed by atoms with Crippen molar-refractivity contribution in [2.24, 2.45) is 0 Å². The number of carbonyl (C=O) groups excluding carboxylic acids is 1. The van der Waals surface area contributed by atoms with Crippen molar-refractivity contribution in [3.63, 3.8) is 0 Å². The maximum Gasteiger partial charge on any atom is 0.262 e. The third kappa shape index (κ3) is 5.96. The summed E-state index contributed by atoms with van der Waals surface area (Å²) >= 11 is 6.11. The van der Waals surface area contributed by atoms with Gasteiger partial charge in [0.05, 0.1) is 17.7 Å². The van der Waals surface area contributed by atoms with Gasteiger partial charge in [0, 0.05) is 17.1 Å². The zero-order chi connectivity index (χ0) is 22.4. The van der Waals surface area contributed by atoms with Crippen LogP contribution in [0.25, 0.3) is 0 Å². The predicted octanol–water partition coefficient (Wildman–Crippen LogP) is 4.86. The molecule has 0 saturated carbocycles. The number of hydrogen-bond donors (Lipinski definition) is 2. The highest BCUT2D eigenvalue weighted by Gasteiger charge is 2.17. The molecule has 6 nitrogen and oxygen atoms in total. The van der Waals surface area contributed by atoms with Gasteiger partial charge >= 0.3 is 0 Å². The number of halogens is 2. The molecule has 0 heterocycles. The summed E-state index contributed by atoms with van der Waals surface area (Å²) < 4.78 is 46.0. The first-order valence-electron chi connectivity index (χ1n) is 9.28. The Morgan fingerprint density at radius 2 is 1.77 bits per heavy atom. The topological polar surface area (TPSA) is 84.5 Å². The van der Waals surface area contributed by atoms with Crippen molar-refractivity contribution >= 4 is 38.9 Å². The molecule has 0 radical (unpaired) electrons. The first-order valence-corrected chi connectivity index (χ1v) is 11.1. The predicted molar refractivity (Wildman–Crippen MR) is 119 cm³/mol. The number of sulfonamides is 1. The number of nitrogens with one attached hydrogen (secondary N) is 2. The number of amides is 1. The number of rotatable bonds is 8. The van der Waals surface area contributed by atoms with Crippen LogP contribution >= 0.6 is 11.6 Å². The Morgan fingerprint density at radius 1 is 1.06 bits per heavy atom. The Kier molecular flexibility index (Phi) is 7.14. The summed E-state index contributed by atoms with van der Waals surface area (Å²) in [5.41, 5.74) is 1.39. The lowest BCUT2D eigenvalue weighted by Gasteiger charge is -2.14. The van der Waals surface area contributed by atoms with Crippen LogP contribution in [0.5, 0.6) is 5.75 Å². The van der Waals surface area contributed by atoms with E-state index in [-0.39, 0.29) is 28.7 Å². The van der Waals surface area contributed by atoms with Crippen LogP contribution in [0.4, 0.5) is 15.8 Å². The van der Waals surface area contributed by atoms with Crippen LogP contribution in [0.1, 0.15) is 12.0 Å². The lowest BCUT2D eigenvalue weighted by molar-refractivity contribution is -0.116. The molecule has 0 aliphatic heterocycles. The number of carbonyl (C=O) groups is 1. The number of hydrogen-bond acceptors (Lipinski definition) is 4. The van der Waals surface area contributed by atoms with Crippen LogP contribution in [0.3, 0.4) is 0 Å². The molecule has 0 aliphatic carbocycles. The van der Waals surface area contributed by atoms with Gasteiger partial charge in [-0.2, -0.15) is 0 Å². The van der Waals surface area contributed by atoms with E-state index in [0.717, 1.165) is 29.8 Å². The normalized spacial score (nSPS) is 11.1. The number of aryl methyl sites for hydroxylation is 1. The van der Waals surface area contributed by atoms with Crippen molar-refractivity contribution in [1.82, 2.24) is 0 Å². The van der Waals surface area contributed by atoms with Crippen LogP contribution in [0, 0.1) is 5.82 Å². The summed E-state index contributed by atoms with van der Waals surface area (Å²) in [4.78, 5) is 12.2. The number of benzene rings is 3. The van der Waals surface area contributed by atoms with E-state index in [0.29, 0.717) is 17.1 Å². The minimum absolute atomic E-state index is 0.106. The molecule has 0 saturated heterocycles. The minimum atomic E-state index is -3.98. The fourth-order valence-corrected chi connectivity index (χ4v) is 4.15. The van der Waals surface area contributed by atoms with E-state index in [2.05, 4.69) is 10.0 Å². The third-order valence-electron chi connectivity index (χ3n) is 4.43. The van der Waals surface area contributed by atoms with Crippen LogP contribution in [0.15, 0.2) is 71.6 Å². The molecule has 0 aliphatic rings. The molecule has 0 bridgehead atoms. The van der Waals surface area contributed by atoms with E-state index in [1.807, 2.05) is 18.2 Å². The average Bonchev–Trinajstić information content (AvgIpc) is 2.73. The molecular formula is C22H20ClFN2O4S. The summed E-state index contributed by atoms with van der Waals surface area (Å²) in [6.07, 6.45) is 0.665. The zero-order valence-corrected chi connectivity index (χ0v) is 18.1. The maximum atomic E-state index is 13.1. The average molecular weight is 463 g/mol. The number of methoxy groups -OCH3 is 1. The zero-order valence-electron chi connectivity index (χ0n) is 16.6. The molecule has 0 spiro atoms. The highest BCUT2D eigenvalue weighted by molar-refractivity contribution is 7.92. The molecule has 31 heavy (non-hydrogen) atoms. The summed E-state index contributed by atoms with van der Waals surface area (Å²) in [5.74, 6) is -0.532. The van der Waals surface area contributed by atoms with Crippen molar-refractivity contribution < 1.29 is 22.3 Å². The van der Waals surface area contributed by atoms with Gasteiger partial charge in [-0.25, -0.2) is 12.8 Å². The molecule has 2 N–H and O–H groups in total. The molecule has 1 amide bonds. The fourth-order valence-electron chi connectivity index (χ4n) is 2.86. The molecule has 162 valence electrons. The van der Waals surface area contributed by atoms with Gasteiger partial charge in [0.1, 0.15) is 11.6 Å². The Morgan fingerprint density at radius 3 is 2.45 bits per heavy atom. The lowest BCUT2D eigenvalue weighted by Crippen LogP contribution is -2.15. The van der Waals surface area contributed by atoms with Crippen molar-refractivity contribution in [1.29, 1.82) is 0 Å². The van der Waals surface area contributed by atoms with Crippen molar-refractivity contribution in [3.05, 3.63) is 83.1 Å². The van der Waals surface area contributed by atoms with E-state index < -0.39 is 15.8 Å². The molecule has 3 aromatic rings. The summed E-state index contributed by atoms with van der Waals surface area (Å²) in [5, 5.41) is 3.33. The SMILES string of the molecule is COc1ccc(NC(=O)CCc2ccccc2Cl)cc1NS(=O)(=O)c1ccc(F)cc1. The van der Waals surface area contributed by atoms with E-state index in [9.17, 15) is 17.6 Å². The Hall–Kier alpha value is -3.10. The summed E-state index contributed by atoms with van der Waals surface area (Å²) in [6, 6.07) is 16.3. The molecule has 0 fully saturated rings. The van der Waals surface area contributed by atoms with Gasteiger partial charge in [0.15, 0.2) is 0 Å². The van der Waals surface area contributed by atoms with Crippen molar-refractivity contribution in [2.75, 3.05) is 17.1 Å². The monoisotopic (exact) mass is 462 g/mol. The van der Waals surface area contributed by atoms with E-state index in [4.69, 9.17) is 16.3 Å². The second-order valence-electron chi connectivity index (χ2n) is 6.61. The van der Waals surface area contributed by atoms with Gasteiger partial charge in [-0.3, -0.25) is 9.52 Å².